The van der Waals surface area contributed by atoms with E-state index in [0.717, 1.165) is 57.8 Å². The molecule has 0 fully saturated rings. The number of allylic oxidation sites excluding steroid dienone is 6. The van der Waals surface area contributed by atoms with Crippen molar-refractivity contribution in [2.24, 2.45) is 5.73 Å². The first-order chi connectivity index (χ1) is 27.7. The number of hydrogen-bond acceptors (Lipinski definition) is 8. The Bertz CT molecular complexity index is 1050. The highest BCUT2D eigenvalue weighted by Gasteiger charge is 2.27. The molecule has 0 rings (SSSR count). The Hall–Kier alpha value is -1.81. The number of esters is 1. The molecule has 57 heavy (non-hydrogen) atoms. The van der Waals surface area contributed by atoms with E-state index in [4.69, 9.17) is 29.4 Å². The fourth-order valence-corrected chi connectivity index (χ4v) is 7.16. The maximum absolute atomic E-state index is 12.7. The summed E-state index contributed by atoms with van der Waals surface area (Å²) in [6.45, 7) is 3.78. The van der Waals surface area contributed by atoms with E-state index in [2.05, 4.69) is 50.3 Å². The van der Waals surface area contributed by atoms with Crippen LogP contribution >= 0.6 is 7.82 Å². The highest BCUT2D eigenvalue weighted by molar-refractivity contribution is 7.47. The highest BCUT2D eigenvalue weighted by atomic mass is 31.2. The number of hydrogen-bond donors (Lipinski definition) is 3. The largest absolute Gasteiger partial charge is 0.480 e. The molecule has 0 aliphatic carbocycles. The van der Waals surface area contributed by atoms with Crippen LogP contribution in [0.15, 0.2) is 36.5 Å². The first kappa shape index (κ1) is 55.2. The second-order valence-corrected chi connectivity index (χ2v) is 17.0. The number of phosphoric ester groups is 1. The third-order valence-electron chi connectivity index (χ3n) is 9.93. The summed E-state index contributed by atoms with van der Waals surface area (Å²) < 4.78 is 33.4. The van der Waals surface area contributed by atoms with E-state index < -0.39 is 45.1 Å². The molecule has 11 heteroatoms. The lowest BCUT2D eigenvalue weighted by atomic mass is 10.0. The minimum absolute atomic E-state index is 0.0143. The number of carboxylic acids is 1. The normalized spacial score (nSPS) is 14.2. The van der Waals surface area contributed by atoms with E-state index in [9.17, 15) is 19.0 Å². The van der Waals surface area contributed by atoms with Crippen LogP contribution in [0.4, 0.5) is 0 Å². The Morgan fingerprint density at radius 1 is 0.579 bits per heavy atom. The average Bonchev–Trinajstić information content (AvgIpc) is 3.19. The Labute approximate surface area is 348 Å². The molecule has 334 valence electrons. The second kappa shape index (κ2) is 42.3. The highest BCUT2D eigenvalue weighted by Crippen LogP contribution is 2.43. The topological polar surface area (TPSA) is 155 Å². The molecule has 0 aliphatic heterocycles. The fourth-order valence-electron chi connectivity index (χ4n) is 6.38. The van der Waals surface area contributed by atoms with Gasteiger partial charge in [0.25, 0.3) is 0 Å². The van der Waals surface area contributed by atoms with Crippen LogP contribution in [0, 0.1) is 0 Å². The SMILES string of the molecule is CC/C=C\C/C=C\C/C=C\CCCCCCCCCCOCC(COP(=O)(O)OCC(N)C(=O)O)OC(=O)CCCCCCCCCCCCCCCCCCC. The van der Waals surface area contributed by atoms with Crippen molar-refractivity contribution in [3.05, 3.63) is 36.5 Å². The van der Waals surface area contributed by atoms with E-state index in [1.807, 2.05) is 0 Å². The van der Waals surface area contributed by atoms with Crippen LogP contribution in [0.3, 0.4) is 0 Å². The number of ether oxygens (including phenoxy) is 2. The van der Waals surface area contributed by atoms with Gasteiger partial charge in [0.05, 0.1) is 19.8 Å². The zero-order chi connectivity index (χ0) is 41.9. The zero-order valence-corrected chi connectivity index (χ0v) is 37.3. The quantitative estimate of drug-likeness (QED) is 0.0234. The van der Waals surface area contributed by atoms with Crippen molar-refractivity contribution >= 4 is 19.8 Å². The molecule has 0 aliphatic rings. The predicted molar refractivity (Wildman–Crippen MR) is 235 cm³/mol. The summed E-state index contributed by atoms with van der Waals surface area (Å²) in [6.07, 6.45) is 47.6. The molecule has 10 nitrogen and oxygen atoms in total. The minimum Gasteiger partial charge on any atom is -0.480 e. The molecule has 0 saturated carbocycles. The number of rotatable bonds is 44. The van der Waals surface area contributed by atoms with Gasteiger partial charge in [-0.15, -0.1) is 0 Å². The van der Waals surface area contributed by atoms with Crippen LogP contribution in [0.5, 0.6) is 0 Å². The van der Waals surface area contributed by atoms with Crippen molar-refractivity contribution in [3.8, 4) is 0 Å². The summed E-state index contributed by atoms with van der Waals surface area (Å²) in [6, 6.07) is -1.47. The molecule has 0 aromatic heterocycles. The van der Waals surface area contributed by atoms with Gasteiger partial charge in [-0.2, -0.15) is 0 Å². The summed E-state index contributed by atoms with van der Waals surface area (Å²) in [7, 11) is -4.62. The monoisotopic (exact) mass is 828 g/mol. The molecule has 0 saturated heterocycles. The lowest BCUT2D eigenvalue weighted by Crippen LogP contribution is -2.34. The summed E-state index contributed by atoms with van der Waals surface area (Å²) in [5.41, 5.74) is 5.36. The molecule has 0 radical (unpaired) electrons. The number of carbonyl (C=O) groups is 2. The summed E-state index contributed by atoms with van der Waals surface area (Å²) >= 11 is 0. The van der Waals surface area contributed by atoms with Gasteiger partial charge >= 0.3 is 19.8 Å². The molecular weight excluding hydrogens is 741 g/mol. The number of carbonyl (C=O) groups excluding carboxylic acids is 1. The van der Waals surface area contributed by atoms with E-state index in [1.165, 1.54) is 122 Å². The predicted octanol–water partition coefficient (Wildman–Crippen LogP) is 12.9. The van der Waals surface area contributed by atoms with Crippen LogP contribution in [0.25, 0.3) is 0 Å². The Kier molecular flexibility index (Phi) is 41.0. The number of phosphoric acid groups is 1. The summed E-state index contributed by atoms with van der Waals surface area (Å²) in [4.78, 5) is 33.6. The maximum atomic E-state index is 12.7. The summed E-state index contributed by atoms with van der Waals surface area (Å²) in [5, 5.41) is 8.91. The smallest absolute Gasteiger partial charge is 0.472 e. The average molecular weight is 828 g/mol. The van der Waals surface area contributed by atoms with Crippen LogP contribution < -0.4 is 5.73 Å². The van der Waals surface area contributed by atoms with Gasteiger partial charge in [-0.25, -0.2) is 4.57 Å². The van der Waals surface area contributed by atoms with E-state index in [1.54, 1.807) is 0 Å². The van der Waals surface area contributed by atoms with Crippen molar-refractivity contribution in [2.45, 2.75) is 219 Å². The van der Waals surface area contributed by atoms with Crippen LogP contribution in [0.1, 0.15) is 206 Å². The molecule has 0 amide bonds. The number of nitrogens with two attached hydrogens (primary N) is 1. The van der Waals surface area contributed by atoms with E-state index in [0.29, 0.717) is 13.0 Å². The zero-order valence-electron chi connectivity index (χ0n) is 36.4. The van der Waals surface area contributed by atoms with Gasteiger partial charge in [0.15, 0.2) is 0 Å². The van der Waals surface area contributed by atoms with Gasteiger partial charge in [0.2, 0.25) is 0 Å². The standard InChI is InChI=1S/C46H86NO9P/c1-3-5-7-9-11-13-15-17-19-21-23-25-27-29-31-33-35-37-39-53-40-43(41-54-57(51,52)55-42-44(47)46(49)50)56-45(48)38-36-34-32-30-28-26-24-22-20-18-16-14-12-10-8-6-4-2/h5,7,11,13,17,19,43-44H,3-4,6,8-10,12,14-16,18,20-42,47H2,1-2H3,(H,49,50)(H,51,52)/b7-5-,13-11-,19-17-. The molecule has 4 N–H and O–H groups in total. The summed E-state index contributed by atoms with van der Waals surface area (Å²) in [5.74, 6) is -1.78. The van der Waals surface area contributed by atoms with Gasteiger partial charge in [-0.05, 0) is 44.9 Å². The molecule has 3 unspecified atom stereocenters. The molecule has 0 spiro atoms. The van der Waals surface area contributed by atoms with Crippen LogP contribution in [0.2, 0.25) is 0 Å². The Balaban J connectivity index is 4.19. The number of carboxylic acid groups (broad SMARTS) is 1. The second-order valence-electron chi connectivity index (χ2n) is 15.5. The van der Waals surface area contributed by atoms with E-state index in [-0.39, 0.29) is 13.0 Å². The molecular formula is C46H86NO9P. The van der Waals surface area contributed by atoms with Gasteiger partial charge in [-0.3, -0.25) is 18.6 Å². The molecule has 3 atom stereocenters. The number of unbranched alkanes of at least 4 members (excludes halogenated alkanes) is 24. The lowest BCUT2D eigenvalue weighted by Gasteiger charge is -2.20. The van der Waals surface area contributed by atoms with Crippen molar-refractivity contribution < 1.29 is 42.7 Å². The van der Waals surface area contributed by atoms with Crippen LogP contribution in [-0.2, 0) is 32.7 Å². The Morgan fingerprint density at radius 3 is 1.53 bits per heavy atom. The van der Waals surface area contributed by atoms with Gasteiger partial charge < -0.3 is 25.2 Å². The lowest BCUT2D eigenvalue weighted by molar-refractivity contribution is -0.154. The van der Waals surface area contributed by atoms with Crippen molar-refractivity contribution in [1.29, 1.82) is 0 Å². The molecule has 0 aromatic rings. The van der Waals surface area contributed by atoms with Gasteiger partial charge in [0, 0.05) is 13.0 Å². The molecule has 0 heterocycles. The van der Waals surface area contributed by atoms with Crippen molar-refractivity contribution in [2.75, 3.05) is 26.4 Å². The minimum atomic E-state index is -4.62. The Morgan fingerprint density at radius 2 is 1.02 bits per heavy atom. The van der Waals surface area contributed by atoms with Gasteiger partial charge in [0.1, 0.15) is 12.1 Å². The molecule has 0 aromatic carbocycles. The fraction of sp³-hybridized carbons (Fsp3) is 0.826. The third-order valence-corrected chi connectivity index (χ3v) is 10.9. The van der Waals surface area contributed by atoms with E-state index >= 15 is 0 Å². The third kappa shape index (κ3) is 42.1. The van der Waals surface area contributed by atoms with Crippen molar-refractivity contribution in [1.82, 2.24) is 0 Å². The maximum Gasteiger partial charge on any atom is 0.472 e. The van der Waals surface area contributed by atoms with Crippen molar-refractivity contribution in [3.63, 3.8) is 0 Å². The molecule has 0 bridgehead atoms. The first-order valence-corrected chi connectivity index (χ1v) is 24.5. The number of aliphatic carboxylic acids is 1. The van der Waals surface area contributed by atoms with Crippen LogP contribution in [-0.4, -0.2) is 60.5 Å². The first-order valence-electron chi connectivity index (χ1n) is 23.0. The van der Waals surface area contributed by atoms with Gasteiger partial charge in [-0.1, -0.05) is 192 Å².